The van der Waals surface area contributed by atoms with E-state index in [0.717, 1.165) is 24.6 Å². The lowest BCUT2D eigenvalue weighted by Crippen LogP contribution is -2.25. The maximum atomic E-state index is 12.1. The minimum absolute atomic E-state index is 0.0901. The molecule has 1 aliphatic rings. The summed E-state index contributed by atoms with van der Waals surface area (Å²) in [6.45, 7) is 1.72. The lowest BCUT2D eigenvalue weighted by atomic mass is 10.2. The highest BCUT2D eigenvalue weighted by Gasteiger charge is 2.24. The van der Waals surface area contributed by atoms with Gasteiger partial charge < -0.3 is 20.5 Å². The van der Waals surface area contributed by atoms with Gasteiger partial charge >= 0.3 is 0 Å². The van der Waals surface area contributed by atoms with Crippen LogP contribution in [0.2, 0.25) is 5.02 Å². The maximum absolute atomic E-state index is 12.1. The Labute approximate surface area is 170 Å². The molecule has 8 nitrogen and oxygen atoms in total. The molecular formula is C18H19ClN4O4S. The summed E-state index contributed by atoms with van der Waals surface area (Å²) in [5.74, 6) is 0.355. The molecule has 0 spiro atoms. The predicted molar refractivity (Wildman–Crippen MR) is 108 cm³/mol. The largest absolute Gasteiger partial charge is 0.360 e. The van der Waals surface area contributed by atoms with Crippen LogP contribution in [0, 0.1) is 6.92 Å². The van der Waals surface area contributed by atoms with Gasteiger partial charge in [-0.1, -0.05) is 16.8 Å². The van der Waals surface area contributed by atoms with E-state index in [9.17, 15) is 14.4 Å². The molecule has 1 fully saturated rings. The van der Waals surface area contributed by atoms with Crippen molar-refractivity contribution in [2.24, 2.45) is 0 Å². The van der Waals surface area contributed by atoms with Crippen LogP contribution >= 0.6 is 23.4 Å². The highest BCUT2D eigenvalue weighted by molar-refractivity contribution is 8.00. The van der Waals surface area contributed by atoms with E-state index in [1.54, 1.807) is 25.1 Å². The molecule has 10 heteroatoms. The smallest absolute Gasteiger partial charge is 0.253 e. The molecule has 0 bridgehead atoms. The van der Waals surface area contributed by atoms with Crippen LogP contribution in [0.3, 0.4) is 0 Å². The summed E-state index contributed by atoms with van der Waals surface area (Å²) in [4.78, 5) is 35.9. The normalized spacial score (nSPS) is 13.1. The Hall–Kier alpha value is -2.52. The van der Waals surface area contributed by atoms with Crippen LogP contribution in [0.25, 0.3) is 0 Å². The first kappa shape index (κ1) is 20.2. The topological polar surface area (TPSA) is 113 Å². The Morgan fingerprint density at radius 1 is 1.18 bits per heavy atom. The van der Waals surface area contributed by atoms with Gasteiger partial charge in [0.15, 0.2) is 5.82 Å². The van der Waals surface area contributed by atoms with Crippen molar-refractivity contribution in [2.45, 2.75) is 25.8 Å². The van der Waals surface area contributed by atoms with E-state index in [2.05, 4.69) is 21.1 Å². The number of benzene rings is 1. The van der Waals surface area contributed by atoms with Crippen molar-refractivity contribution < 1.29 is 18.9 Å². The Morgan fingerprint density at radius 2 is 1.89 bits per heavy atom. The van der Waals surface area contributed by atoms with Gasteiger partial charge in [0.25, 0.3) is 5.91 Å². The van der Waals surface area contributed by atoms with Crippen molar-refractivity contribution >= 4 is 52.6 Å². The fourth-order valence-corrected chi connectivity index (χ4v) is 3.19. The number of carbonyl (C=O) groups is 3. The summed E-state index contributed by atoms with van der Waals surface area (Å²) < 4.78 is 4.86. The number of rotatable bonds is 8. The fourth-order valence-electron chi connectivity index (χ4n) is 2.31. The molecule has 1 aromatic heterocycles. The standard InChI is InChI=1S/C18H19ClN4O4S/c1-10-6-15(23-27-10)22-17(25)9-28-8-16(24)20-12-4-5-13(14(19)7-12)18(26)21-11-2-3-11/h4-7,11H,2-3,8-9H2,1H3,(H,20,24)(H,21,26)(H,22,23,25). The third-order valence-electron chi connectivity index (χ3n) is 3.77. The quantitative estimate of drug-likeness (QED) is 0.602. The van der Waals surface area contributed by atoms with Gasteiger partial charge in [0.2, 0.25) is 11.8 Å². The molecule has 3 N–H and O–H groups in total. The molecule has 148 valence electrons. The molecule has 3 rings (SSSR count). The number of carbonyl (C=O) groups excluding carboxylic acids is 3. The number of aromatic nitrogens is 1. The number of halogens is 1. The molecule has 2 aromatic rings. The Morgan fingerprint density at radius 3 is 2.50 bits per heavy atom. The SMILES string of the molecule is Cc1cc(NC(=O)CSCC(=O)Nc2ccc(C(=O)NC3CC3)c(Cl)c2)no1. The first-order valence-corrected chi connectivity index (χ1v) is 10.1. The van der Waals surface area contributed by atoms with Crippen molar-refractivity contribution in [1.82, 2.24) is 10.5 Å². The molecule has 3 amide bonds. The van der Waals surface area contributed by atoms with Gasteiger partial charge in [0.1, 0.15) is 5.76 Å². The van der Waals surface area contributed by atoms with Crippen LogP contribution in [0.1, 0.15) is 29.0 Å². The molecule has 0 unspecified atom stereocenters. The van der Waals surface area contributed by atoms with Gasteiger partial charge in [0.05, 0.1) is 22.1 Å². The van der Waals surface area contributed by atoms with E-state index in [0.29, 0.717) is 22.8 Å². The minimum Gasteiger partial charge on any atom is -0.360 e. The Balaban J connectivity index is 1.42. The van der Waals surface area contributed by atoms with Crippen molar-refractivity contribution in [2.75, 3.05) is 22.1 Å². The zero-order valence-corrected chi connectivity index (χ0v) is 16.7. The number of nitrogens with one attached hydrogen (secondary N) is 3. The minimum atomic E-state index is -0.278. The first-order chi connectivity index (χ1) is 13.4. The van der Waals surface area contributed by atoms with Crippen molar-refractivity contribution in [3.05, 3.63) is 40.6 Å². The van der Waals surface area contributed by atoms with Crippen LogP contribution in [-0.2, 0) is 9.59 Å². The van der Waals surface area contributed by atoms with Crippen LogP contribution in [0.15, 0.2) is 28.8 Å². The Bertz CT molecular complexity index is 897. The lowest BCUT2D eigenvalue weighted by molar-refractivity contribution is -0.114. The third kappa shape index (κ3) is 6.00. The molecule has 1 aliphatic carbocycles. The van der Waals surface area contributed by atoms with Crippen LogP contribution in [0.4, 0.5) is 11.5 Å². The number of aryl methyl sites for hydroxylation is 1. The number of hydrogen-bond acceptors (Lipinski definition) is 6. The fraction of sp³-hybridized carbons (Fsp3) is 0.333. The number of anilines is 2. The van der Waals surface area contributed by atoms with Crippen molar-refractivity contribution in [3.63, 3.8) is 0 Å². The second kappa shape index (κ2) is 9.11. The summed E-state index contributed by atoms with van der Waals surface area (Å²) in [5, 5.41) is 12.1. The summed E-state index contributed by atoms with van der Waals surface area (Å²) in [5.41, 5.74) is 0.863. The van der Waals surface area contributed by atoms with Crippen LogP contribution in [0.5, 0.6) is 0 Å². The van der Waals surface area contributed by atoms with Crippen LogP contribution < -0.4 is 16.0 Å². The maximum Gasteiger partial charge on any atom is 0.253 e. The van der Waals surface area contributed by atoms with Gasteiger partial charge in [-0.2, -0.15) is 0 Å². The molecule has 1 heterocycles. The Kier molecular flexibility index (Phi) is 6.58. The number of hydrogen-bond donors (Lipinski definition) is 3. The van der Waals surface area contributed by atoms with E-state index in [1.807, 2.05) is 0 Å². The van der Waals surface area contributed by atoms with E-state index in [-0.39, 0.29) is 40.3 Å². The second-order valence-electron chi connectivity index (χ2n) is 6.35. The third-order valence-corrected chi connectivity index (χ3v) is 5.02. The lowest BCUT2D eigenvalue weighted by Gasteiger charge is -2.09. The molecule has 0 saturated heterocycles. The van der Waals surface area contributed by atoms with Gasteiger partial charge in [-0.3, -0.25) is 14.4 Å². The molecule has 0 atom stereocenters. The first-order valence-electron chi connectivity index (χ1n) is 8.62. The zero-order chi connectivity index (χ0) is 20.1. The number of thioether (sulfide) groups is 1. The summed E-state index contributed by atoms with van der Waals surface area (Å²) in [7, 11) is 0. The van der Waals surface area contributed by atoms with Gasteiger partial charge in [-0.05, 0) is 38.0 Å². The van der Waals surface area contributed by atoms with Crippen molar-refractivity contribution in [3.8, 4) is 0 Å². The average molecular weight is 423 g/mol. The molecule has 0 radical (unpaired) electrons. The second-order valence-corrected chi connectivity index (χ2v) is 7.75. The highest BCUT2D eigenvalue weighted by atomic mass is 35.5. The van der Waals surface area contributed by atoms with Crippen LogP contribution in [-0.4, -0.2) is 40.4 Å². The van der Waals surface area contributed by atoms with Gasteiger partial charge in [-0.25, -0.2) is 0 Å². The average Bonchev–Trinajstić information content (AvgIpc) is 3.34. The molecule has 1 aromatic carbocycles. The summed E-state index contributed by atoms with van der Waals surface area (Å²) in [6, 6.07) is 6.58. The number of amides is 3. The van der Waals surface area contributed by atoms with E-state index in [1.165, 1.54) is 6.07 Å². The monoisotopic (exact) mass is 422 g/mol. The van der Waals surface area contributed by atoms with Gasteiger partial charge in [0, 0.05) is 17.8 Å². The summed E-state index contributed by atoms with van der Waals surface area (Å²) in [6.07, 6.45) is 1.98. The summed E-state index contributed by atoms with van der Waals surface area (Å²) >= 11 is 7.31. The molecule has 28 heavy (non-hydrogen) atoms. The molecular weight excluding hydrogens is 404 g/mol. The van der Waals surface area contributed by atoms with Crippen molar-refractivity contribution in [1.29, 1.82) is 0 Å². The predicted octanol–water partition coefficient (Wildman–Crippen LogP) is 2.84. The van der Waals surface area contributed by atoms with Gasteiger partial charge in [-0.15, -0.1) is 11.8 Å². The number of nitrogens with zero attached hydrogens (tertiary/aromatic N) is 1. The van der Waals surface area contributed by atoms with E-state index < -0.39 is 0 Å². The van der Waals surface area contributed by atoms with E-state index in [4.69, 9.17) is 16.1 Å². The molecule has 1 saturated carbocycles. The highest BCUT2D eigenvalue weighted by Crippen LogP contribution is 2.24. The molecule has 0 aliphatic heterocycles. The van der Waals surface area contributed by atoms with E-state index >= 15 is 0 Å². The zero-order valence-electron chi connectivity index (χ0n) is 15.1.